The number of fused-ring (bicyclic) bond motifs is 2. The topological polar surface area (TPSA) is 128 Å². The lowest BCUT2D eigenvalue weighted by Gasteiger charge is -2.09. The molecule has 0 aliphatic heterocycles. The lowest BCUT2D eigenvalue weighted by Crippen LogP contribution is -2.16. The Hall–Kier alpha value is -3.86. The fourth-order valence-corrected chi connectivity index (χ4v) is 3.58. The van der Waals surface area contributed by atoms with E-state index in [1.165, 1.54) is 6.20 Å². The molecule has 11 nitrogen and oxygen atoms in total. The minimum atomic E-state index is -2.49. The number of aromatic nitrogens is 6. The van der Waals surface area contributed by atoms with Crippen molar-refractivity contribution in [3.63, 3.8) is 0 Å². The number of carbonyl (C=O) groups excluding carboxylic acids is 1. The van der Waals surface area contributed by atoms with Gasteiger partial charge in [0.15, 0.2) is 23.1 Å². The second-order valence-electron chi connectivity index (χ2n) is 7.89. The predicted molar refractivity (Wildman–Crippen MR) is 122 cm³/mol. The van der Waals surface area contributed by atoms with Gasteiger partial charge in [0.1, 0.15) is 17.9 Å². The number of carbonyl (C=O) groups is 1. The molecule has 4 heterocycles. The first-order valence-electron chi connectivity index (χ1n) is 12.0. The number of nitrogens with zero attached hydrogens (tertiary/aromatic N) is 6. The second kappa shape index (κ2) is 8.58. The molecule has 1 aliphatic rings. The Kier molecular flexibility index (Phi) is 4.60. The fraction of sp³-hybridized carbons (Fsp3) is 0.364. The zero-order valence-corrected chi connectivity index (χ0v) is 18.1. The molecule has 0 spiro atoms. The number of rotatable bonds is 8. The molecule has 0 bridgehead atoms. The van der Waals surface area contributed by atoms with Gasteiger partial charge in [-0.1, -0.05) is 6.92 Å². The summed E-state index contributed by atoms with van der Waals surface area (Å²) in [6, 6.07) is 5.17. The van der Waals surface area contributed by atoms with Gasteiger partial charge >= 0.3 is 0 Å². The van der Waals surface area contributed by atoms with Crippen LogP contribution in [0.25, 0.3) is 27.9 Å². The largest absolute Gasteiger partial charge is 0.490 e. The molecule has 0 unspecified atom stereocenters. The molecule has 0 saturated heterocycles. The Morgan fingerprint density at radius 3 is 3.00 bits per heavy atom. The first kappa shape index (κ1) is 17.7. The Balaban J connectivity index is 1.55. The van der Waals surface area contributed by atoms with E-state index < -0.39 is 6.98 Å². The minimum absolute atomic E-state index is 0.0348. The maximum atomic E-state index is 12.4. The van der Waals surface area contributed by atoms with E-state index in [0.717, 1.165) is 6.42 Å². The van der Waals surface area contributed by atoms with Gasteiger partial charge < -0.3 is 20.1 Å². The van der Waals surface area contributed by atoms with Crippen LogP contribution in [0.1, 0.15) is 17.5 Å². The summed E-state index contributed by atoms with van der Waals surface area (Å²) >= 11 is 0. The lowest BCUT2D eigenvalue weighted by atomic mass is 10.1. The third-order valence-corrected chi connectivity index (χ3v) is 5.55. The number of hydrogen-bond acceptors (Lipinski definition) is 9. The van der Waals surface area contributed by atoms with Gasteiger partial charge in [-0.15, -0.1) is 15.3 Å². The van der Waals surface area contributed by atoms with Gasteiger partial charge in [-0.2, -0.15) is 0 Å². The zero-order chi connectivity index (χ0) is 25.4. The predicted octanol–water partition coefficient (Wildman–Crippen LogP) is 2.40. The molecule has 170 valence electrons. The van der Waals surface area contributed by atoms with E-state index in [0.29, 0.717) is 47.3 Å². The summed E-state index contributed by atoms with van der Waals surface area (Å²) in [5, 5.41) is 18.5. The smallest absolute Gasteiger partial charge is 0.228 e. The summed E-state index contributed by atoms with van der Waals surface area (Å²) < 4.78 is 34.9. The molecule has 2 N–H and O–H groups in total. The number of ether oxygens (including phenoxy) is 2. The van der Waals surface area contributed by atoms with Crippen LogP contribution in [-0.2, 0) is 9.53 Å². The quantitative estimate of drug-likeness (QED) is 0.388. The van der Waals surface area contributed by atoms with Crippen molar-refractivity contribution in [3.05, 3.63) is 30.6 Å². The highest BCUT2D eigenvalue weighted by atomic mass is 16.5. The van der Waals surface area contributed by atoms with Crippen molar-refractivity contribution in [1.29, 1.82) is 0 Å². The third-order valence-electron chi connectivity index (χ3n) is 5.55. The Morgan fingerprint density at radius 2 is 2.21 bits per heavy atom. The molecule has 0 radical (unpaired) electrons. The minimum Gasteiger partial charge on any atom is -0.490 e. The van der Waals surface area contributed by atoms with Crippen LogP contribution in [0.2, 0.25) is 0 Å². The maximum absolute atomic E-state index is 12.4. The summed E-state index contributed by atoms with van der Waals surface area (Å²) in [7, 11) is 1.60. The van der Waals surface area contributed by atoms with Crippen LogP contribution in [0, 0.1) is 11.8 Å². The van der Waals surface area contributed by atoms with Crippen LogP contribution in [-0.4, -0.2) is 63.0 Å². The summed E-state index contributed by atoms with van der Waals surface area (Å²) in [6.07, 6.45) is 4.00. The second-order valence-corrected chi connectivity index (χ2v) is 7.89. The van der Waals surface area contributed by atoms with E-state index in [9.17, 15) is 4.79 Å². The van der Waals surface area contributed by atoms with Gasteiger partial charge in [0.05, 0.1) is 12.8 Å². The number of pyridine rings is 2. The highest BCUT2D eigenvalue weighted by molar-refractivity contribution is 6.01. The number of nitrogens with one attached hydrogen (secondary N) is 2. The van der Waals surface area contributed by atoms with Gasteiger partial charge in [-0.05, 0) is 30.5 Å². The molecule has 1 saturated carbocycles. The standard InChI is InChI=1S/C22H24N8O3/c1-12-8-14(12)22(31)25-17-9-15-16(10-24-21(23-2)19(15)28-27-17)20-26-18-5-4-13(11-30(18)29-20)33-7-6-32-3/h4-5,9-12,14H,6-8H2,1-3H3,(H,23,24)(H,25,27,31)/t12-,14+/m1/s1/i2D3. The van der Waals surface area contributed by atoms with Crippen molar-refractivity contribution in [1.82, 2.24) is 29.8 Å². The molecule has 33 heavy (non-hydrogen) atoms. The SMILES string of the molecule is [2H]C([2H])([2H])Nc1ncc(-c2nc3ccc(OCCOC)cn3n2)c2cc(NC(=O)[C@H]3C[C@H]3C)nnc12. The van der Waals surface area contributed by atoms with Crippen LogP contribution in [0.3, 0.4) is 0 Å². The zero-order valence-electron chi connectivity index (χ0n) is 21.1. The molecule has 5 rings (SSSR count). The summed E-state index contributed by atoms with van der Waals surface area (Å²) in [5.74, 6) is 1.37. The van der Waals surface area contributed by atoms with Crippen molar-refractivity contribution in [2.24, 2.45) is 11.8 Å². The van der Waals surface area contributed by atoms with Crippen molar-refractivity contribution in [3.8, 4) is 17.1 Å². The van der Waals surface area contributed by atoms with Gasteiger partial charge in [0, 0.05) is 41.3 Å². The summed E-state index contributed by atoms with van der Waals surface area (Å²) in [4.78, 5) is 21.3. The first-order valence-corrected chi connectivity index (χ1v) is 10.5. The molecule has 2 atom stereocenters. The van der Waals surface area contributed by atoms with E-state index >= 15 is 0 Å². The molecule has 4 aromatic rings. The highest BCUT2D eigenvalue weighted by Gasteiger charge is 2.39. The molecule has 11 heteroatoms. The summed E-state index contributed by atoms with van der Waals surface area (Å²) in [6.45, 7) is 0.367. The first-order chi connectivity index (χ1) is 17.2. The van der Waals surface area contributed by atoms with E-state index in [-0.39, 0.29) is 29.0 Å². The number of amides is 1. The fourth-order valence-electron chi connectivity index (χ4n) is 3.58. The van der Waals surface area contributed by atoms with Gasteiger partial charge in [0.2, 0.25) is 5.91 Å². The number of hydrogen-bond donors (Lipinski definition) is 2. The molecule has 1 amide bonds. The van der Waals surface area contributed by atoms with Crippen LogP contribution in [0.5, 0.6) is 5.75 Å². The van der Waals surface area contributed by atoms with E-state index in [4.69, 9.17) is 13.6 Å². The molecule has 4 aromatic heterocycles. The average molecular weight is 452 g/mol. The normalized spacial score (nSPS) is 19.0. The van der Waals surface area contributed by atoms with Gasteiger partial charge in [-0.3, -0.25) is 4.79 Å². The van der Waals surface area contributed by atoms with E-state index in [1.807, 2.05) is 6.92 Å². The maximum Gasteiger partial charge on any atom is 0.228 e. The van der Waals surface area contributed by atoms with Crippen molar-refractivity contribution >= 4 is 34.1 Å². The van der Waals surface area contributed by atoms with Crippen LogP contribution >= 0.6 is 0 Å². The van der Waals surface area contributed by atoms with Gasteiger partial charge in [-0.25, -0.2) is 14.5 Å². The Bertz CT molecular complexity index is 1440. The van der Waals surface area contributed by atoms with E-state index in [1.54, 1.807) is 36.0 Å². The van der Waals surface area contributed by atoms with Crippen LogP contribution in [0.4, 0.5) is 11.6 Å². The molecule has 1 aliphatic carbocycles. The lowest BCUT2D eigenvalue weighted by molar-refractivity contribution is -0.117. The van der Waals surface area contributed by atoms with E-state index in [2.05, 4.69) is 35.9 Å². The summed E-state index contributed by atoms with van der Waals surface area (Å²) in [5.41, 5.74) is 1.28. The van der Waals surface area contributed by atoms with Crippen LogP contribution in [0.15, 0.2) is 30.6 Å². The Labute approximate surface area is 193 Å². The third kappa shape index (κ3) is 4.14. The molecule has 0 aromatic carbocycles. The average Bonchev–Trinajstić information content (AvgIpc) is 3.41. The van der Waals surface area contributed by atoms with Crippen molar-refractivity contribution in [2.45, 2.75) is 13.3 Å². The highest BCUT2D eigenvalue weighted by Crippen LogP contribution is 2.38. The van der Waals surface area contributed by atoms with Gasteiger partial charge in [0.25, 0.3) is 0 Å². The monoisotopic (exact) mass is 451 g/mol. The number of anilines is 2. The van der Waals surface area contributed by atoms with Crippen molar-refractivity contribution in [2.75, 3.05) is 37.9 Å². The van der Waals surface area contributed by atoms with Crippen molar-refractivity contribution < 1.29 is 18.4 Å². The molecular weight excluding hydrogens is 424 g/mol. The number of methoxy groups -OCH3 is 1. The Morgan fingerprint density at radius 1 is 1.33 bits per heavy atom. The molecular formula is C22H24N8O3. The van der Waals surface area contributed by atoms with Crippen LogP contribution < -0.4 is 15.4 Å². The molecule has 1 fully saturated rings.